The van der Waals surface area contributed by atoms with Crippen LogP contribution < -0.4 is 5.73 Å². The molecule has 1 unspecified atom stereocenters. The van der Waals surface area contributed by atoms with Gasteiger partial charge in [0.15, 0.2) is 0 Å². The molecule has 0 radical (unpaired) electrons. The topological polar surface area (TPSA) is 62.2 Å². The summed E-state index contributed by atoms with van der Waals surface area (Å²) >= 11 is 0. The van der Waals surface area contributed by atoms with E-state index in [4.69, 9.17) is 11.0 Å². The molecule has 0 saturated heterocycles. The fraction of sp³-hybridized carbons (Fsp3) is 0.714. The van der Waals surface area contributed by atoms with E-state index in [1.165, 1.54) is 0 Å². The van der Waals surface area contributed by atoms with Gasteiger partial charge in [-0.05, 0) is 12.8 Å². The van der Waals surface area contributed by atoms with Gasteiger partial charge in [0.25, 0.3) is 0 Å². The molecule has 0 bridgehead atoms. The average molecular weight is 139 g/mol. The molecule has 0 aromatic carbocycles. The van der Waals surface area contributed by atoms with Crippen LogP contribution in [-0.4, -0.2) is 11.8 Å². The van der Waals surface area contributed by atoms with Crippen LogP contribution in [0.2, 0.25) is 0 Å². The summed E-state index contributed by atoms with van der Waals surface area (Å²) in [6.07, 6.45) is 1.74. The summed E-state index contributed by atoms with van der Waals surface area (Å²) in [7, 11) is 0. The Bertz CT molecular complexity index is 152. The zero-order valence-corrected chi connectivity index (χ0v) is 6.63. The minimum atomic E-state index is -0.111. The van der Waals surface area contributed by atoms with Gasteiger partial charge in [-0.2, -0.15) is 10.3 Å². The highest BCUT2D eigenvalue weighted by Gasteiger charge is 2.09. The number of nitriles is 1. The molecule has 3 nitrogen and oxygen atoms in total. The maximum absolute atomic E-state index is 8.24. The van der Waals surface area contributed by atoms with E-state index in [0.717, 1.165) is 5.71 Å². The number of rotatable bonds is 2. The molecule has 0 aliphatic carbocycles. The van der Waals surface area contributed by atoms with Crippen LogP contribution in [0, 0.1) is 17.4 Å². The molecule has 0 aromatic rings. The number of hydrogen-bond acceptors (Lipinski definition) is 3. The van der Waals surface area contributed by atoms with Gasteiger partial charge in [0.2, 0.25) is 6.19 Å². The third-order valence-corrected chi connectivity index (χ3v) is 1.24. The van der Waals surface area contributed by atoms with Crippen molar-refractivity contribution in [3.63, 3.8) is 0 Å². The van der Waals surface area contributed by atoms with Crippen LogP contribution >= 0.6 is 0 Å². The maximum Gasteiger partial charge on any atom is 0.205 e. The monoisotopic (exact) mass is 139 g/mol. The third kappa shape index (κ3) is 2.60. The summed E-state index contributed by atoms with van der Waals surface area (Å²) in [4.78, 5) is 3.62. The largest absolute Gasteiger partial charge is 0.323 e. The molecule has 0 fully saturated rings. The lowest BCUT2D eigenvalue weighted by atomic mass is 10.0. The summed E-state index contributed by atoms with van der Waals surface area (Å²) in [6, 6.07) is -0.111. The van der Waals surface area contributed by atoms with Crippen molar-refractivity contribution in [1.29, 1.82) is 5.26 Å². The molecule has 0 spiro atoms. The van der Waals surface area contributed by atoms with E-state index in [0.29, 0.717) is 0 Å². The van der Waals surface area contributed by atoms with Crippen LogP contribution in [0.4, 0.5) is 0 Å². The van der Waals surface area contributed by atoms with Gasteiger partial charge in [0.05, 0.1) is 0 Å². The highest BCUT2D eigenvalue weighted by atomic mass is 14.8. The maximum atomic E-state index is 8.24. The molecule has 0 aliphatic heterocycles. The van der Waals surface area contributed by atoms with E-state index in [9.17, 15) is 0 Å². The first-order valence-electron chi connectivity index (χ1n) is 3.31. The Hall–Kier alpha value is -0.880. The summed E-state index contributed by atoms with van der Waals surface area (Å²) in [5, 5.41) is 8.24. The van der Waals surface area contributed by atoms with Crippen LogP contribution in [-0.2, 0) is 0 Å². The highest BCUT2D eigenvalue weighted by molar-refractivity contribution is 5.91. The Morgan fingerprint density at radius 1 is 1.50 bits per heavy atom. The van der Waals surface area contributed by atoms with Crippen molar-refractivity contribution >= 4 is 5.71 Å². The quantitative estimate of drug-likeness (QED) is 0.456. The first-order chi connectivity index (χ1) is 4.59. The molecule has 0 saturated carbocycles. The molecule has 10 heavy (non-hydrogen) atoms. The van der Waals surface area contributed by atoms with E-state index in [1.807, 2.05) is 20.8 Å². The Morgan fingerprint density at radius 3 is 2.10 bits per heavy atom. The summed E-state index contributed by atoms with van der Waals surface area (Å²) in [5.74, 6) is 0.264. The molecule has 0 rings (SSSR count). The number of aliphatic imine (C=N–C) groups is 1. The van der Waals surface area contributed by atoms with E-state index in [1.54, 1.807) is 6.19 Å². The van der Waals surface area contributed by atoms with Gasteiger partial charge >= 0.3 is 0 Å². The molecule has 0 heterocycles. The molecular formula is C7H13N3. The third-order valence-electron chi connectivity index (χ3n) is 1.24. The lowest BCUT2D eigenvalue weighted by molar-refractivity contribution is 0.809. The Morgan fingerprint density at radius 2 is 2.00 bits per heavy atom. The average Bonchev–Trinajstić information content (AvgIpc) is 1.81. The van der Waals surface area contributed by atoms with Gasteiger partial charge in [-0.1, -0.05) is 13.8 Å². The molecule has 0 aromatic heterocycles. The number of nitrogens with two attached hydrogens (primary N) is 1. The predicted octanol–water partition coefficient (Wildman–Crippen LogP) is 0.912. The fourth-order valence-corrected chi connectivity index (χ4v) is 0.814. The molecule has 1 atom stereocenters. The summed E-state index contributed by atoms with van der Waals surface area (Å²) < 4.78 is 0. The van der Waals surface area contributed by atoms with Crippen molar-refractivity contribution in [2.75, 3.05) is 0 Å². The van der Waals surface area contributed by atoms with Crippen LogP contribution in [0.5, 0.6) is 0 Å². The molecule has 3 heteroatoms. The second-order valence-electron chi connectivity index (χ2n) is 2.58. The van der Waals surface area contributed by atoms with Crippen LogP contribution in [0.1, 0.15) is 20.8 Å². The molecule has 2 N–H and O–H groups in total. The SMILES string of the molecule is CC(C)C(=NC#N)C(C)N. The Labute approximate surface area is 61.6 Å². The molecule has 0 amide bonds. The van der Waals surface area contributed by atoms with Crippen molar-refractivity contribution in [2.24, 2.45) is 16.6 Å². The standard InChI is InChI=1S/C7H13N3/c1-5(2)7(6(3)9)10-4-8/h5-6H,9H2,1-3H3. The van der Waals surface area contributed by atoms with E-state index in [2.05, 4.69) is 4.99 Å². The Kier molecular flexibility index (Phi) is 3.67. The van der Waals surface area contributed by atoms with Crippen molar-refractivity contribution in [3.05, 3.63) is 0 Å². The first-order valence-corrected chi connectivity index (χ1v) is 3.31. The highest BCUT2D eigenvalue weighted by Crippen LogP contribution is 1.99. The van der Waals surface area contributed by atoms with Crippen molar-refractivity contribution in [3.8, 4) is 6.19 Å². The molecular weight excluding hydrogens is 126 g/mol. The van der Waals surface area contributed by atoms with Crippen LogP contribution in [0.25, 0.3) is 0 Å². The van der Waals surface area contributed by atoms with E-state index in [-0.39, 0.29) is 12.0 Å². The second-order valence-corrected chi connectivity index (χ2v) is 2.58. The lowest BCUT2D eigenvalue weighted by Gasteiger charge is -2.10. The van der Waals surface area contributed by atoms with Gasteiger partial charge in [-0.15, -0.1) is 0 Å². The predicted molar refractivity (Wildman–Crippen MR) is 41.5 cm³/mol. The lowest BCUT2D eigenvalue weighted by Crippen LogP contribution is -2.30. The first kappa shape index (κ1) is 9.12. The number of nitrogens with zero attached hydrogens (tertiary/aromatic N) is 2. The van der Waals surface area contributed by atoms with Gasteiger partial charge < -0.3 is 5.73 Å². The van der Waals surface area contributed by atoms with Gasteiger partial charge in [-0.25, -0.2) is 0 Å². The second kappa shape index (κ2) is 4.02. The van der Waals surface area contributed by atoms with Crippen molar-refractivity contribution < 1.29 is 0 Å². The number of hydrogen-bond donors (Lipinski definition) is 1. The van der Waals surface area contributed by atoms with Crippen molar-refractivity contribution in [2.45, 2.75) is 26.8 Å². The zero-order valence-electron chi connectivity index (χ0n) is 6.63. The zero-order chi connectivity index (χ0) is 8.15. The Balaban J connectivity index is 4.30. The van der Waals surface area contributed by atoms with Crippen LogP contribution in [0.15, 0.2) is 4.99 Å². The minimum absolute atomic E-state index is 0.111. The van der Waals surface area contributed by atoms with Crippen LogP contribution in [0.3, 0.4) is 0 Å². The summed E-state index contributed by atoms with van der Waals surface area (Å²) in [6.45, 7) is 5.77. The van der Waals surface area contributed by atoms with Gasteiger partial charge in [0.1, 0.15) is 0 Å². The fourth-order valence-electron chi connectivity index (χ4n) is 0.814. The minimum Gasteiger partial charge on any atom is -0.323 e. The van der Waals surface area contributed by atoms with Gasteiger partial charge in [0, 0.05) is 11.8 Å². The normalized spacial score (nSPS) is 15.0. The van der Waals surface area contributed by atoms with E-state index < -0.39 is 0 Å². The van der Waals surface area contributed by atoms with Gasteiger partial charge in [-0.3, -0.25) is 0 Å². The van der Waals surface area contributed by atoms with Crippen molar-refractivity contribution in [1.82, 2.24) is 0 Å². The molecule has 56 valence electrons. The molecule has 0 aliphatic rings. The smallest absolute Gasteiger partial charge is 0.205 e. The summed E-state index contributed by atoms with van der Waals surface area (Å²) in [5.41, 5.74) is 6.31. The van der Waals surface area contributed by atoms with E-state index >= 15 is 0 Å².